The second-order valence-corrected chi connectivity index (χ2v) is 7.32. The SMILES string of the molecule is [CH2]Cc1cn(Cc2ccccc2Oc2ccccc2)c2cc(Br)cnc2c1=O. The van der Waals surface area contributed by atoms with E-state index in [4.69, 9.17) is 4.74 Å². The summed E-state index contributed by atoms with van der Waals surface area (Å²) in [7, 11) is 0. The molecule has 2 aromatic carbocycles. The highest BCUT2D eigenvalue weighted by Crippen LogP contribution is 2.27. The zero-order chi connectivity index (χ0) is 19.5. The van der Waals surface area contributed by atoms with Crippen molar-refractivity contribution >= 4 is 27.0 Å². The van der Waals surface area contributed by atoms with Gasteiger partial charge >= 0.3 is 0 Å². The Morgan fingerprint density at radius 2 is 1.79 bits per heavy atom. The first-order chi connectivity index (χ1) is 13.7. The van der Waals surface area contributed by atoms with E-state index in [1.807, 2.05) is 71.4 Å². The average Bonchev–Trinajstić information content (AvgIpc) is 2.72. The maximum atomic E-state index is 12.6. The predicted octanol–water partition coefficient (Wildman–Crippen LogP) is 5.38. The number of hydrogen-bond acceptors (Lipinski definition) is 3. The van der Waals surface area contributed by atoms with Crippen LogP contribution in [0, 0.1) is 6.92 Å². The summed E-state index contributed by atoms with van der Waals surface area (Å²) in [5.74, 6) is 1.56. The third-order valence-electron chi connectivity index (χ3n) is 4.52. The Labute approximate surface area is 171 Å². The van der Waals surface area contributed by atoms with Crippen molar-refractivity contribution in [2.24, 2.45) is 0 Å². The molecule has 0 fully saturated rings. The summed E-state index contributed by atoms with van der Waals surface area (Å²) in [5.41, 5.74) is 2.80. The Morgan fingerprint density at radius 1 is 1.04 bits per heavy atom. The topological polar surface area (TPSA) is 44.1 Å². The van der Waals surface area contributed by atoms with Gasteiger partial charge in [-0.2, -0.15) is 0 Å². The van der Waals surface area contributed by atoms with E-state index in [1.54, 1.807) is 6.20 Å². The van der Waals surface area contributed by atoms with Gasteiger partial charge in [-0.15, -0.1) is 0 Å². The Kier molecular flexibility index (Phi) is 5.26. The van der Waals surface area contributed by atoms with Crippen molar-refractivity contribution in [3.63, 3.8) is 0 Å². The smallest absolute Gasteiger partial charge is 0.210 e. The summed E-state index contributed by atoms with van der Waals surface area (Å²) in [6, 6.07) is 19.5. The molecule has 0 aliphatic rings. The van der Waals surface area contributed by atoms with E-state index in [1.165, 1.54) is 0 Å². The van der Waals surface area contributed by atoms with Crippen molar-refractivity contribution in [1.29, 1.82) is 0 Å². The fourth-order valence-electron chi connectivity index (χ4n) is 3.13. The molecule has 4 nitrogen and oxygen atoms in total. The molecule has 139 valence electrons. The van der Waals surface area contributed by atoms with Crippen LogP contribution in [0.5, 0.6) is 11.5 Å². The molecule has 28 heavy (non-hydrogen) atoms. The molecule has 2 heterocycles. The molecule has 4 rings (SSSR count). The first-order valence-corrected chi connectivity index (χ1v) is 9.72. The van der Waals surface area contributed by atoms with Crippen LogP contribution >= 0.6 is 15.9 Å². The van der Waals surface area contributed by atoms with Crippen LogP contribution in [-0.2, 0) is 13.0 Å². The lowest BCUT2D eigenvalue weighted by Gasteiger charge is -2.16. The molecule has 0 unspecified atom stereocenters. The number of pyridine rings is 2. The van der Waals surface area contributed by atoms with Crippen LogP contribution in [0.2, 0.25) is 0 Å². The highest BCUT2D eigenvalue weighted by atomic mass is 79.9. The summed E-state index contributed by atoms with van der Waals surface area (Å²) < 4.78 is 8.94. The van der Waals surface area contributed by atoms with Crippen LogP contribution in [-0.4, -0.2) is 9.55 Å². The highest BCUT2D eigenvalue weighted by molar-refractivity contribution is 9.10. The minimum atomic E-state index is -0.0671. The minimum Gasteiger partial charge on any atom is -0.457 e. The van der Waals surface area contributed by atoms with Crippen molar-refractivity contribution in [3.05, 3.63) is 106 Å². The van der Waals surface area contributed by atoms with E-state index in [0.717, 1.165) is 27.1 Å². The number of halogens is 1. The number of para-hydroxylation sites is 2. The van der Waals surface area contributed by atoms with Gasteiger partial charge in [0, 0.05) is 28.0 Å². The van der Waals surface area contributed by atoms with E-state index < -0.39 is 0 Å². The highest BCUT2D eigenvalue weighted by Gasteiger charge is 2.12. The average molecular weight is 434 g/mol. The lowest BCUT2D eigenvalue weighted by molar-refractivity contribution is 0.474. The lowest BCUT2D eigenvalue weighted by Crippen LogP contribution is -2.16. The molecular weight excluding hydrogens is 416 g/mol. The number of ether oxygens (including phenoxy) is 1. The van der Waals surface area contributed by atoms with E-state index in [9.17, 15) is 4.79 Å². The molecule has 0 N–H and O–H groups in total. The van der Waals surface area contributed by atoms with Crippen molar-refractivity contribution in [2.75, 3.05) is 0 Å². The first-order valence-electron chi connectivity index (χ1n) is 8.93. The third-order valence-corrected chi connectivity index (χ3v) is 4.95. The number of aromatic nitrogens is 2. The van der Waals surface area contributed by atoms with Gasteiger partial charge in [0.2, 0.25) is 5.43 Å². The molecule has 0 saturated carbocycles. The van der Waals surface area contributed by atoms with Crippen LogP contribution in [0.4, 0.5) is 0 Å². The van der Waals surface area contributed by atoms with Gasteiger partial charge in [-0.3, -0.25) is 4.79 Å². The van der Waals surface area contributed by atoms with E-state index in [0.29, 0.717) is 24.0 Å². The first kappa shape index (κ1) is 18.4. The fraction of sp³-hybridized carbons (Fsp3) is 0.0870. The monoisotopic (exact) mass is 433 g/mol. The maximum Gasteiger partial charge on any atom is 0.210 e. The van der Waals surface area contributed by atoms with Gasteiger partial charge in [-0.05, 0) is 53.5 Å². The van der Waals surface area contributed by atoms with Gasteiger partial charge in [0.15, 0.2) is 0 Å². The summed E-state index contributed by atoms with van der Waals surface area (Å²) in [5, 5.41) is 0. The number of rotatable bonds is 5. The van der Waals surface area contributed by atoms with Crippen molar-refractivity contribution < 1.29 is 4.74 Å². The molecule has 0 amide bonds. The van der Waals surface area contributed by atoms with E-state index in [2.05, 4.69) is 27.8 Å². The second kappa shape index (κ2) is 7.98. The van der Waals surface area contributed by atoms with Crippen molar-refractivity contribution in [2.45, 2.75) is 13.0 Å². The second-order valence-electron chi connectivity index (χ2n) is 6.41. The van der Waals surface area contributed by atoms with Crippen LogP contribution in [0.3, 0.4) is 0 Å². The Hall–Kier alpha value is -2.92. The zero-order valence-corrected chi connectivity index (χ0v) is 16.7. The number of hydrogen-bond donors (Lipinski definition) is 0. The van der Waals surface area contributed by atoms with Crippen molar-refractivity contribution in [3.8, 4) is 11.5 Å². The van der Waals surface area contributed by atoms with E-state index in [-0.39, 0.29) is 5.43 Å². The Morgan fingerprint density at radius 3 is 2.57 bits per heavy atom. The molecule has 0 bridgehead atoms. The zero-order valence-electron chi connectivity index (χ0n) is 15.1. The van der Waals surface area contributed by atoms with Crippen LogP contribution in [0.15, 0.2) is 82.3 Å². The predicted molar refractivity (Wildman–Crippen MR) is 115 cm³/mol. The van der Waals surface area contributed by atoms with Crippen LogP contribution in [0.25, 0.3) is 11.0 Å². The summed E-state index contributed by atoms with van der Waals surface area (Å²) in [6.45, 7) is 4.43. The molecule has 0 saturated heterocycles. The molecule has 5 heteroatoms. The molecular formula is C23H18BrN2O2. The van der Waals surface area contributed by atoms with Crippen LogP contribution in [0.1, 0.15) is 11.1 Å². The molecule has 0 atom stereocenters. The fourth-order valence-corrected chi connectivity index (χ4v) is 3.45. The van der Waals surface area contributed by atoms with Gasteiger partial charge < -0.3 is 9.30 Å². The quantitative estimate of drug-likeness (QED) is 0.424. The molecule has 0 aliphatic carbocycles. The van der Waals surface area contributed by atoms with Crippen LogP contribution < -0.4 is 10.2 Å². The van der Waals surface area contributed by atoms with E-state index >= 15 is 0 Å². The van der Waals surface area contributed by atoms with Gasteiger partial charge in [-0.25, -0.2) is 4.98 Å². The Balaban J connectivity index is 1.80. The summed E-state index contributed by atoms with van der Waals surface area (Å²) in [4.78, 5) is 17.0. The normalized spacial score (nSPS) is 10.9. The summed E-state index contributed by atoms with van der Waals surface area (Å²) >= 11 is 3.46. The summed E-state index contributed by atoms with van der Waals surface area (Å²) in [6.07, 6.45) is 3.92. The maximum absolute atomic E-state index is 12.6. The lowest BCUT2D eigenvalue weighted by atomic mass is 10.1. The van der Waals surface area contributed by atoms with Gasteiger partial charge in [0.25, 0.3) is 0 Å². The minimum absolute atomic E-state index is 0.0671. The number of nitrogens with zero attached hydrogens (tertiary/aromatic N) is 2. The van der Waals surface area contributed by atoms with Gasteiger partial charge in [-0.1, -0.05) is 36.4 Å². The molecule has 4 aromatic rings. The standard InChI is InChI=1S/C23H18BrN2O2/c1-2-16-14-26(20-12-18(24)13-25-22(20)23(16)27)15-17-8-6-7-11-21(17)28-19-9-4-3-5-10-19/h3-14H,1-2,15H2. The van der Waals surface area contributed by atoms with Gasteiger partial charge in [0.1, 0.15) is 17.0 Å². The number of fused-ring (bicyclic) bond motifs is 1. The molecule has 0 spiro atoms. The number of benzene rings is 2. The van der Waals surface area contributed by atoms with Gasteiger partial charge in [0.05, 0.1) is 12.1 Å². The third kappa shape index (κ3) is 3.71. The molecule has 1 radical (unpaired) electrons. The largest absolute Gasteiger partial charge is 0.457 e. The Bertz CT molecular complexity index is 1190. The molecule has 2 aromatic heterocycles. The molecule has 0 aliphatic heterocycles. The van der Waals surface area contributed by atoms with Crippen molar-refractivity contribution in [1.82, 2.24) is 9.55 Å².